The minimum Gasteiger partial charge on any atom is -0.349 e. The number of carbonyl (C=O) groups is 1. The number of sulfonamides is 1. The molecule has 1 aliphatic heterocycles. The highest BCUT2D eigenvalue weighted by molar-refractivity contribution is 7.89. The number of nitrogens with one attached hydrogen (secondary N) is 1. The third-order valence-corrected chi connectivity index (χ3v) is 9.46. The standard InChI is InChI=1S/C25H30N2O3S/c1-17(24-14-18-9-10-20(24)13-18)26-25(28)21-7-4-8-23(15-21)31(29,30)27-12-11-19-5-2-3-6-22(19)16-27/h2-8,15,17-18,20,24H,9-14,16H2,1H3,(H,26,28)/t17-,18-,20-,24-/m0/s1. The fourth-order valence-electron chi connectivity index (χ4n) is 5.93. The molecule has 2 aliphatic carbocycles. The van der Waals surface area contributed by atoms with Crippen molar-refractivity contribution in [2.24, 2.45) is 17.8 Å². The van der Waals surface area contributed by atoms with E-state index in [1.165, 1.54) is 41.6 Å². The Morgan fingerprint density at radius 1 is 1.06 bits per heavy atom. The van der Waals surface area contributed by atoms with Crippen LogP contribution in [0.25, 0.3) is 0 Å². The van der Waals surface area contributed by atoms with Crippen LogP contribution in [0.4, 0.5) is 0 Å². The Balaban J connectivity index is 1.31. The number of amides is 1. The van der Waals surface area contributed by atoms with Gasteiger partial charge in [0.05, 0.1) is 4.90 Å². The van der Waals surface area contributed by atoms with Crippen LogP contribution < -0.4 is 5.32 Å². The SMILES string of the molecule is C[C@H](NC(=O)c1cccc(S(=O)(=O)N2CCc3ccccc3C2)c1)[C@@H]1C[C@H]2CC[C@H]1C2. The van der Waals surface area contributed by atoms with E-state index in [0.717, 1.165) is 17.4 Å². The van der Waals surface area contributed by atoms with Crippen molar-refractivity contribution in [2.75, 3.05) is 6.54 Å². The van der Waals surface area contributed by atoms with Gasteiger partial charge in [0.25, 0.3) is 5.91 Å². The molecule has 2 fully saturated rings. The van der Waals surface area contributed by atoms with Gasteiger partial charge in [0.15, 0.2) is 0 Å². The van der Waals surface area contributed by atoms with Gasteiger partial charge in [-0.15, -0.1) is 0 Å². The van der Waals surface area contributed by atoms with Gasteiger partial charge in [0.2, 0.25) is 10.0 Å². The second-order valence-electron chi connectivity index (χ2n) is 9.49. The molecule has 1 heterocycles. The zero-order valence-corrected chi connectivity index (χ0v) is 18.8. The van der Waals surface area contributed by atoms with E-state index in [2.05, 4.69) is 18.3 Å². The lowest BCUT2D eigenvalue weighted by molar-refractivity contribution is 0.0915. The third-order valence-electron chi connectivity index (χ3n) is 7.62. The summed E-state index contributed by atoms with van der Waals surface area (Å²) < 4.78 is 28.1. The molecule has 4 atom stereocenters. The van der Waals surface area contributed by atoms with E-state index in [1.54, 1.807) is 18.2 Å². The highest BCUT2D eigenvalue weighted by atomic mass is 32.2. The van der Waals surface area contributed by atoms with E-state index in [4.69, 9.17) is 0 Å². The second-order valence-corrected chi connectivity index (χ2v) is 11.4. The lowest BCUT2D eigenvalue weighted by atomic mass is 9.84. The van der Waals surface area contributed by atoms with E-state index in [0.29, 0.717) is 31.0 Å². The number of rotatable bonds is 5. The molecule has 2 bridgehead atoms. The number of benzene rings is 2. The molecule has 0 unspecified atom stereocenters. The number of hydrogen-bond acceptors (Lipinski definition) is 3. The Labute approximate surface area is 184 Å². The highest BCUT2D eigenvalue weighted by Gasteiger charge is 2.42. The molecule has 0 aromatic heterocycles. The molecule has 6 heteroatoms. The van der Waals surface area contributed by atoms with Crippen molar-refractivity contribution in [1.82, 2.24) is 9.62 Å². The minimum absolute atomic E-state index is 0.113. The van der Waals surface area contributed by atoms with Crippen LogP contribution in [0.15, 0.2) is 53.4 Å². The summed E-state index contributed by atoms with van der Waals surface area (Å²) in [6.45, 7) is 2.92. The molecular weight excluding hydrogens is 408 g/mol. The first-order chi connectivity index (χ1) is 14.9. The Morgan fingerprint density at radius 2 is 1.87 bits per heavy atom. The maximum absolute atomic E-state index is 13.3. The largest absolute Gasteiger partial charge is 0.349 e. The zero-order chi connectivity index (χ0) is 21.6. The molecule has 1 N–H and O–H groups in total. The van der Waals surface area contributed by atoms with Crippen LogP contribution in [-0.4, -0.2) is 31.2 Å². The molecule has 2 saturated carbocycles. The topological polar surface area (TPSA) is 66.5 Å². The van der Waals surface area contributed by atoms with Crippen LogP contribution in [0.1, 0.15) is 54.1 Å². The molecule has 3 aliphatic rings. The molecule has 0 spiro atoms. The van der Waals surface area contributed by atoms with E-state index in [1.807, 2.05) is 18.2 Å². The van der Waals surface area contributed by atoms with Gasteiger partial charge in [-0.1, -0.05) is 36.8 Å². The number of nitrogens with zero attached hydrogens (tertiary/aromatic N) is 1. The van der Waals surface area contributed by atoms with Gasteiger partial charge in [0, 0.05) is 24.7 Å². The van der Waals surface area contributed by atoms with E-state index < -0.39 is 10.0 Å². The summed E-state index contributed by atoms with van der Waals surface area (Å²) in [5, 5.41) is 3.15. The van der Waals surface area contributed by atoms with Crippen molar-refractivity contribution in [3.8, 4) is 0 Å². The summed E-state index contributed by atoms with van der Waals surface area (Å²) in [6.07, 6.45) is 5.83. The van der Waals surface area contributed by atoms with Crippen LogP contribution in [0.5, 0.6) is 0 Å². The van der Waals surface area contributed by atoms with E-state index in [9.17, 15) is 13.2 Å². The first-order valence-corrected chi connectivity index (χ1v) is 12.8. The van der Waals surface area contributed by atoms with Gasteiger partial charge in [-0.05, 0) is 79.7 Å². The van der Waals surface area contributed by atoms with Gasteiger partial charge in [-0.25, -0.2) is 8.42 Å². The second kappa shape index (κ2) is 8.06. The lowest BCUT2D eigenvalue weighted by Gasteiger charge is -2.29. The van der Waals surface area contributed by atoms with Gasteiger partial charge >= 0.3 is 0 Å². The predicted molar refractivity (Wildman–Crippen MR) is 120 cm³/mol. The summed E-state index contributed by atoms with van der Waals surface area (Å²) >= 11 is 0. The van der Waals surface area contributed by atoms with Crippen LogP contribution in [0, 0.1) is 17.8 Å². The van der Waals surface area contributed by atoms with Crippen LogP contribution in [0.3, 0.4) is 0 Å². The molecule has 0 radical (unpaired) electrons. The van der Waals surface area contributed by atoms with Crippen molar-refractivity contribution in [3.63, 3.8) is 0 Å². The number of hydrogen-bond donors (Lipinski definition) is 1. The molecule has 2 aromatic rings. The Morgan fingerprint density at radius 3 is 2.61 bits per heavy atom. The Kier molecular flexibility index (Phi) is 5.39. The average molecular weight is 439 g/mol. The molecular formula is C25H30N2O3S. The van der Waals surface area contributed by atoms with Crippen molar-refractivity contribution < 1.29 is 13.2 Å². The number of fused-ring (bicyclic) bond motifs is 3. The van der Waals surface area contributed by atoms with E-state index >= 15 is 0 Å². The highest BCUT2D eigenvalue weighted by Crippen LogP contribution is 2.49. The van der Waals surface area contributed by atoms with Crippen molar-refractivity contribution in [2.45, 2.75) is 56.5 Å². The summed E-state index contributed by atoms with van der Waals surface area (Å²) in [5.74, 6) is 1.92. The van der Waals surface area contributed by atoms with Crippen molar-refractivity contribution in [1.29, 1.82) is 0 Å². The summed E-state index contributed by atoms with van der Waals surface area (Å²) in [6, 6.07) is 14.6. The first-order valence-electron chi connectivity index (χ1n) is 11.4. The molecule has 2 aromatic carbocycles. The van der Waals surface area contributed by atoms with Crippen LogP contribution >= 0.6 is 0 Å². The van der Waals surface area contributed by atoms with Gasteiger partial charge in [-0.2, -0.15) is 4.31 Å². The van der Waals surface area contributed by atoms with Crippen LogP contribution in [-0.2, 0) is 23.0 Å². The van der Waals surface area contributed by atoms with Gasteiger partial charge in [-0.3, -0.25) is 4.79 Å². The summed E-state index contributed by atoms with van der Waals surface area (Å²) in [4.78, 5) is 13.1. The summed E-state index contributed by atoms with van der Waals surface area (Å²) in [7, 11) is -3.66. The smallest absolute Gasteiger partial charge is 0.251 e. The Hall–Kier alpha value is -2.18. The third kappa shape index (κ3) is 3.92. The lowest BCUT2D eigenvalue weighted by Crippen LogP contribution is -2.40. The Bertz CT molecular complexity index is 1100. The van der Waals surface area contributed by atoms with E-state index in [-0.39, 0.29) is 16.8 Å². The fourth-order valence-corrected chi connectivity index (χ4v) is 7.39. The fraction of sp³-hybridized carbons (Fsp3) is 0.480. The minimum atomic E-state index is -3.66. The molecule has 5 nitrogen and oxygen atoms in total. The zero-order valence-electron chi connectivity index (χ0n) is 18.0. The maximum Gasteiger partial charge on any atom is 0.251 e. The monoisotopic (exact) mass is 438 g/mol. The molecule has 0 saturated heterocycles. The summed E-state index contributed by atoms with van der Waals surface area (Å²) in [5.41, 5.74) is 2.66. The average Bonchev–Trinajstić information content (AvgIpc) is 3.43. The van der Waals surface area contributed by atoms with Gasteiger partial charge in [0.1, 0.15) is 0 Å². The van der Waals surface area contributed by atoms with Gasteiger partial charge < -0.3 is 5.32 Å². The van der Waals surface area contributed by atoms with Crippen molar-refractivity contribution >= 4 is 15.9 Å². The van der Waals surface area contributed by atoms with Crippen LogP contribution in [0.2, 0.25) is 0 Å². The van der Waals surface area contributed by atoms with Crippen molar-refractivity contribution in [3.05, 3.63) is 65.2 Å². The quantitative estimate of drug-likeness (QED) is 0.768. The molecule has 164 valence electrons. The predicted octanol–water partition coefficient (Wildman–Crippen LogP) is 3.99. The molecule has 31 heavy (non-hydrogen) atoms. The molecule has 1 amide bonds. The maximum atomic E-state index is 13.3. The normalized spacial score (nSPS) is 26.4. The first kappa shape index (κ1) is 20.7. The number of carbonyl (C=O) groups excluding carboxylic acids is 1. The molecule has 5 rings (SSSR count).